The molecule has 0 spiro atoms. The van der Waals surface area contributed by atoms with E-state index in [0.29, 0.717) is 6.04 Å². The predicted molar refractivity (Wildman–Crippen MR) is 69.8 cm³/mol. The van der Waals surface area contributed by atoms with Crippen molar-refractivity contribution in [1.29, 1.82) is 0 Å². The maximum Gasteiger partial charge on any atom is 0.132 e. The van der Waals surface area contributed by atoms with Gasteiger partial charge in [-0.2, -0.15) is 0 Å². The van der Waals surface area contributed by atoms with Crippen molar-refractivity contribution in [3.8, 4) is 0 Å². The molecule has 90 valence electrons. The van der Waals surface area contributed by atoms with Gasteiger partial charge in [-0.05, 0) is 26.0 Å². The number of hydrogen-bond donors (Lipinski definition) is 1. The monoisotopic (exact) mass is 221 g/mol. The highest BCUT2D eigenvalue weighted by Gasteiger charge is 2.14. The summed E-state index contributed by atoms with van der Waals surface area (Å²) in [5.74, 6) is 1.10. The summed E-state index contributed by atoms with van der Waals surface area (Å²) in [5, 5.41) is 3.19. The molecule has 0 aliphatic heterocycles. The first kappa shape index (κ1) is 13.0. The molecule has 0 aromatic carbocycles. The van der Waals surface area contributed by atoms with Gasteiger partial charge in [0.05, 0.1) is 0 Å². The number of nitrogens with one attached hydrogen (secondary N) is 1. The van der Waals surface area contributed by atoms with Crippen molar-refractivity contribution >= 4 is 5.82 Å². The molecule has 0 saturated carbocycles. The van der Waals surface area contributed by atoms with Crippen LogP contribution in [-0.2, 0) is 6.54 Å². The topological polar surface area (TPSA) is 28.2 Å². The van der Waals surface area contributed by atoms with Crippen LogP contribution in [0, 0.1) is 0 Å². The summed E-state index contributed by atoms with van der Waals surface area (Å²) in [6.45, 7) is 5.32. The van der Waals surface area contributed by atoms with Crippen molar-refractivity contribution in [3.05, 3.63) is 23.9 Å². The van der Waals surface area contributed by atoms with E-state index in [-0.39, 0.29) is 0 Å². The van der Waals surface area contributed by atoms with Crippen molar-refractivity contribution in [3.63, 3.8) is 0 Å². The number of nitrogens with zero attached hydrogens (tertiary/aromatic N) is 2. The molecule has 0 bridgehead atoms. The van der Waals surface area contributed by atoms with Crippen LogP contribution in [0.1, 0.15) is 32.3 Å². The molecular weight excluding hydrogens is 198 g/mol. The Hall–Kier alpha value is -1.09. The largest absolute Gasteiger partial charge is 0.356 e. The second kappa shape index (κ2) is 6.48. The van der Waals surface area contributed by atoms with Crippen molar-refractivity contribution in [1.82, 2.24) is 10.3 Å². The van der Waals surface area contributed by atoms with Crippen LogP contribution in [0.25, 0.3) is 0 Å². The first-order valence-corrected chi connectivity index (χ1v) is 6.05. The Bertz CT molecular complexity index is 308. The fraction of sp³-hybridized carbons (Fsp3) is 0.615. The Morgan fingerprint density at radius 1 is 1.38 bits per heavy atom. The lowest BCUT2D eigenvalue weighted by Gasteiger charge is -2.29. The molecule has 0 amide bonds. The zero-order chi connectivity index (χ0) is 12.0. The Labute approximate surface area is 98.9 Å². The smallest absolute Gasteiger partial charge is 0.132 e. The SMILES string of the molecule is CCC(CC)N(C)c1ncccc1CNC. The van der Waals surface area contributed by atoms with Gasteiger partial charge in [0.15, 0.2) is 0 Å². The molecule has 0 aliphatic rings. The zero-order valence-electron chi connectivity index (χ0n) is 10.8. The van der Waals surface area contributed by atoms with E-state index in [0.717, 1.165) is 25.2 Å². The molecule has 0 fully saturated rings. The summed E-state index contributed by atoms with van der Waals surface area (Å²) in [6.07, 6.45) is 4.18. The van der Waals surface area contributed by atoms with Crippen molar-refractivity contribution < 1.29 is 0 Å². The second-order valence-corrected chi connectivity index (χ2v) is 4.10. The predicted octanol–water partition coefficient (Wildman–Crippen LogP) is 2.43. The quantitative estimate of drug-likeness (QED) is 0.799. The molecule has 0 atom stereocenters. The van der Waals surface area contributed by atoms with Crippen molar-refractivity contribution in [2.75, 3.05) is 19.0 Å². The van der Waals surface area contributed by atoms with Crippen LogP contribution in [0.3, 0.4) is 0 Å². The van der Waals surface area contributed by atoms with E-state index in [1.165, 1.54) is 5.56 Å². The van der Waals surface area contributed by atoms with E-state index in [9.17, 15) is 0 Å². The van der Waals surface area contributed by atoms with E-state index in [2.05, 4.69) is 42.2 Å². The van der Waals surface area contributed by atoms with Crippen LogP contribution in [0.2, 0.25) is 0 Å². The van der Waals surface area contributed by atoms with Crippen LogP contribution in [0.5, 0.6) is 0 Å². The molecule has 1 aromatic rings. The third-order valence-electron chi connectivity index (χ3n) is 3.06. The van der Waals surface area contributed by atoms with E-state index in [4.69, 9.17) is 0 Å². The van der Waals surface area contributed by atoms with Gasteiger partial charge in [-0.1, -0.05) is 19.9 Å². The van der Waals surface area contributed by atoms with Crippen LogP contribution < -0.4 is 10.2 Å². The fourth-order valence-corrected chi connectivity index (χ4v) is 2.09. The average molecular weight is 221 g/mol. The van der Waals surface area contributed by atoms with Gasteiger partial charge in [0.25, 0.3) is 0 Å². The van der Waals surface area contributed by atoms with Gasteiger partial charge < -0.3 is 10.2 Å². The number of anilines is 1. The van der Waals surface area contributed by atoms with E-state index in [1.54, 1.807) is 0 Å². The van der Waals surface area contributed by atoms with Crippen LogP contribution >= 0.6 is 0 Å². The van der Waals surface area contributed by atoms with Crippen molar-refractivity contribution in [2.24, 2.45) is 0 Å². The lowest BCUT2D eigenvalue weighted by Crippen LogP contribution is -2.32. The molecule has 0 unspecified atom stereocenters. The molecule has 3 nitrogen and oxygen atoms in total. The third-order valence-corrected chi connectivity index (χ3v) is 3.06. The Morgan fingerprint density at radius 3 is 2.62 bits per heavy atom. The zero-order valence-corrected chi connectivity index (χ0v) is 10.8. The molecule has 1 heterocycles. The molecule has 16 heavy (non-hydrogen) atoms. The van der Waals surface area contributed by atoms with Gasteiger partial charge >= 0.3 is 0 Å². The summed E-state index contributed by atoms with van der Waals surface area (Å²) < 4.78 is 0. The molecule has 0 aliphatic carbocycles. The second-order valence-electron chi connectivity index (χ2n) is 4.10. The van der Waals surface area contributed by atoms with Crippen LogP contribution in [0.4, 0.5) is 5.82 Å². The molecular formula is C13H23N3. The third kappa shape index (κ3) is 2.95. The van der Waals surface area contributed by atoms with Crippen LogP contribution in [-0.4, -0.2) is 25.1 Å². The molecule has 1 rings (SSSR count). The summed E-state index contributed by atoms with van der Waals surface area (Å²) in [5.41, 5.74) is 1.26. The van der Waals surface area contributed by atoms with Gasteiger partial charge in [-0.25, -0.2) is 4.98 Å². The molecule has 0 radical (unpaired) electrons. The van der Waals surface area contributed by atoms with Gasteiger partial charge in [0.1, 0.15) is 5.82 Å². The van der Waals surface area contributed by atoms with E-state index in [1.807, 2.05) is 19.3 Å². The normalized spacial score (nSPS) is 10.8. The highest BCUT2D eigenvalue weighted by molar-refractivity contribution is 5.46. The molecule has 0 saturated heterocycles. The number of rotatable bonds is 6. The van der Waals surface area contributed by atoms with E-state index >= 15 is 0 Å². The van der Waals surface area contributed by atoms with Gasteiger partial charge in [-0.3, -0.25) is 0 Å². The Morgan fingerprint density at radius 2 is 2.06 bits per heavy atom. The van der Waals surface area contributed by atoms with E-state index < -0.39 is 0 Å². The van der Waals surface area contributed by atoms with Gasteiger partial charge in [0, 0.05) is 31.4 Å². The molecule has 3 heteroatoms. The van der Waals surface area contributed by atoms with Gasteiger partial charge in [0.2, 0.25) is 0 Å². The first-order chi connectivity index (χ1) is 7.74. The highest BCUT2D eigenvalue weighted by Crippen LogP contribution is 2.20. The fourth-order valence-electron chi connectivity index (χ4n) is 2.09. The summed E-state index contributed by atoms with van der Waals surface area (Å²) in [6, 6.07) is 4.71. The number of hydrogen-bond acceptors (Lipinski definition) is 3. The summed E-state index contributed by atoms with van der Waals surface area (Å²) in [4.78, 5) is 6.80. The standard InChI is InChI=1S/C13H23N3/c1-5-12(6-2)16(4)13-11(10-14-3)8-7-9-15-13/h7-9,12,14H,5-6,10H2,1-4H3. The Balaban J connectivity index is 2.92. The Kier molecular flexibility index (Phi) is 5.26. The maximum absolute atomic E-state index is 4.50. The van der Waals surface area contributed by atoms with Crippen LogP contribution in [0.15, 0.2) is 18.3 Å². The maximum atomic E-state index is 4.50. The average Bonchev–Trinajstić information content (AvgIpc) is 2.31. The molecule has 1 aromatic heterocycles. The molecule has 1 N–H and O–H groups in total. The minimum atomic E-state index is 0.575. The number of pyridine rings is 1. The van der Waals surface area contributed by atoms with Gasteiger partial charge in [-0.15, -0.1) is 0 Å². The summed E-state index contributed by atoms with van der Waals surface area (Å²) in [7, 11) is 4.10. The minimum absolute atomic E-state index is 0.575. The lowest BCUT2D eigenvalue weighted by atomic mass is 10.1. The first-order valence-electron chi connectivity index (χ1n) is 6.05. The minimum Gasteiger partial charge on any atom is -0.356 e. The highest BCUT2D eigenvalue weighted by atomic mass is 15.2. The number of aromatic nitrogens is 1. The summed E-state index contributed by atoms with van der Waals surface area (Å²) >= 11 is 0. The van der Waals surface area contributed by atoms with Crippen molar-refractivity contribution in [2.45, 2.75) is 39.3 Å². The lowest BCUT2D eigenvalue weighted by molar-refractivity contribution is 0.583.